The summed E-state index contributed by atoms with van der Waals surface area (Å²) in [7, 11) is 0. The van der Waals surface area contributed by atoms with Crippen molar-refractivity contribution in [3.05, 3.63) is 52.6 Å². The molecule has 1 heterocycles. The van der Waals surface area contributed by atoms with Crippen LogP contribution in [0, 0.1) is 5.92 Å². The van der Waals surface area contributed by atoms with Gasteiger partial charge in [0, 0.05) is 29.8 Å². The van der Waals surface area contributed by atoms with Gasteiger partial charge in [0.2, 0.25) is 0 Å². The number of aryl methyl sites for hydroxylation is 1. The van der Waals surface area contributed by atoms with Crippen LogP contribution in [0.2, 0.25) is 5.02 Å². The molecule has 0 aliphatic heterocycles. The molecule has 0 saturated carbocycles. The third-order valence-corrected chi connectivity index (χ3v) is 5.14. The Morgan fingerprint density at radius 1 is 1.23 bits per heavy atom. The number of rotatable bonds is 11. The van der Waals surface area contributed by atoms with E-state index in [0.717, 1.165) is 54.2 Å². The van der Waals surface area contributed by atoms with Crippen molar-refractivity contribution in [2.75, 3.05) is 0 Å². The predicted molar refractivity (Wildman–Crippen MR) is 106 cm³/mol. The summed E-state index contributed by atoms with van der Waals surface area (Å²) in [6.45, 7) is 4.88. The fourth-order valence-corrected chi connectivity index (χ4v) is 3.35. The van der Waals surface area contributed by atoms with Crippen LogP contribution in [0.5, 0.6) is 0 Å². The molecule has 26 heavy (non-hydrogen) atoms. The van der Waals surface area contributed by atoms with Gasteiger partial charge in [0.25, 0.3) is 0 Å². The number of hydrogen-bond acceptors (Lipinski definition) is 2. The number of benzene rings is 1. The summed E-state index contributed by atoms with van der Waals surface area (Å²) in [5, 5.41) is 10.3. The molecule has 1 unspecified atom stereocenters. The zero-order valence-corrected chi connectivity index (χ0v) is 16.5. The number of aromatic nitrogens is 2. The Balaban J connectivity index is 2.28. The molecule has 0 radical (unpaired) electrons. The minimum atomic E-state index is -0.723. The molecule has 1 aromatic heterocycles. The number of aliphatic carboxylic acids is 1. The van der Waals surface area contributed by atoms with E-state index in [4.69, 9.17) is 11.6 Å². The second-order valence-corrected chi connectivity index (χ2v) is 7.24. The molecule has 2 aromatic rings. The minimum Gasteiger partial charge on any atom is -0.481 e. The van der Waals surface area contributed by atoms with Crippen LogP contribution in [-0.4, -0.2) is 20.6 Å². The van der Waals surface area contributed by atoms with E-state index >= 15 is 0 Å². The van der Waals surface area contributed by atoms with E-state index in [1.54, 1.807) is 0 Å². The molecule has 4 nitrogen and oxygen atoms in total. The number of carbonyl (C=O) groups is 1. The van der Waals surface area contributed by atoms with Crippen LogP contribution in [0.1, 0.15) is 63.0 Å². The van der Waals surface area contributed by atoms with E-state index in [9.17, 15) is 9.90 Å². The molecule has 1 N–H and O–H groups in total. The highest BCUT2D eigenvalue weighted by atomic mass is 35.5. The van der Waals surface area contributed by atoms with E-state index in [1.165, 1.54) is 0 Å². The standard InChI is InChI=1S/C21H29ClN2O2/c1-3-5-9-16(21(25)26)13-18-14-23-20(12-6-4-2)24(18)15-17-10-7-8-11-19(17)22/h7-8,10-11,14,16H,3-6,9,12-13,15H2,1-2H3,(H,25,26). The molecule has 2 rings (SSSR count). The van der Waals surface area contributed by atoms with E-state index in [2.05, 4.69) is 23.4 Å². The van der Waals surface area contributed by atoms with Gasteiger partial charge in [-0.05, 0) is 24.5 Å². The average molecular weight is 377 g/mol. The summed E-state index contributed by atoms with van der Waals surface area (Å²) < 4.78 is 2.17. The molecule has 5 heteroatoms. The topological polar surface area (TPSA) is 55.1 Å². The summed E-state index contributed by atoms with van der Waals surface area (Å²) >= 11 is 6.35. The molecule has 0 aliphatic carbocycles. The van der Waals surface area contributed by atoms with E-state index in [1.807, 2.05) is 30.5 Å². The normalized spacial score (nSPS) is 12.3. The lowest BCUT2D eigenvalue weighted by Gasteiger charge is -2.16. The maximum Gasteiger partial charge on any atom is 0.306 e. The van der Waals surface area contributed by atoms with Gasteiger partial charge < -0.3 is 9.67 Å². The van der Waals surface area contributed by atoms with Gasteiger partial charge >= 0.3 is 5.97 Å². The summed E-state index contributed by atoms with van der Waals surface area (Å²) in [6, 6.07) is 7.80. The monoisotopic (exact) mass is 376 g/mol. The first kappa shape index (κ1) is 20.5. The van der Waals surface area contributed by atoms with Gasteiger partial charge in [-0.15, -0.1) is 0 Å². The van der Waals surface area contributed by atoms with Gasteiger partial charge in [-0.25, -0.2) is 4.98 Å². The molecule has 0 spiro atoms. The molecule has 0 bridgehead atoms. The van der Waals surface area contributed by atoms with Crippen LogP contribution in [0.15, 0.2) is 30.5 Å². The highest BCUT2D eigenvalue weighted by Gasteiger charge is 2.21. The summed E-state index contributed by atoms with van der Waals surface area (Å²) in [5.74, 6) is -0.0730. The van der Waals surface area contributed by atoms with Crippen molar-refractivity contribution in [2.24, 2.45) is 5.92 Å². The Labute approximate surface area is 161 Å². The van der Waals surface area contributed by atoms with E-state index < -0.39 is 5.97 Å². The number of halogens is 1. The molecule has 142 valence electrons. The molecule has 0 fully saturated rings. The van der Waals surface area contributed by atoms with E-state index in [0.29, 0.717) is 19.4 Å². The van der Waals surface area contributed by atoms with Gasteiger partial charge in [0.05, 0.1) is 12.5 Å². The van der Waals surface area contributed by atoms with Crippen LogP contribution in [0.4, 0.5) is 0 Å². The third-order valence-electron chi connectivity index (χ3n) is 4.77. The van der Waals surface area contributed by atoms with Gasteiger partial charge in [-0.3, -0.25) is 4.79 Å². The zero-order valence-electron chi connectivity index (χ0n) is 15.7. The van der Waals surface area contributed by atoms with Crippen molar-refractivity contribution >= 4 is 17.6 Å². The molecule has 0 aliphatic rings. The van der Waals surface area contributed by atoms with E-state index in [-0.39, 0.29) is 5.92 Å². The Morgan fingerprint density at radius 3 is 2.62 bits per heavy atom. The van der Waals surface area contributed by atoms with Crippen LogP contribution in [-0.2, 0) is 24.2 Å². The van der Waals surface area contributed by atoms with Crippen LogP contribution < -0.4 is 0 Å². The number of unbranched alkanes of at least 4 members (excludes halogenated alkanes) is 2. The average Bonchev–Trinajstić information content (AvgIpc) is 3.00. The van der Waals surface area contributed by atoms with Crippen molar-refractivity contribution in [3.8, 4) is 0 Å². The lowest BCUT2D eigenvalue weighted by atomic mass is 9.97. The van der Waals surface area contributed by atoms with Crippen LogP contribution in [0.3, 0.4) is 0 Å². The second kappa shape index (κ2) is 10.4. The summed E-state index contributed by atoms with van der Waals surface area (Å²) in [4.78, 5) is 16.3. The Bertz CT molecular complexity index is 712. The Hall–Kier alpha value is -1.81. The van der Waals surface area contributed by atoms with Crippen LogP contribution >= 0.6 is 11.6 Å². The van der Waals surface area contributed by atoms with Crippen molar-refractivity contribution in [2.45, 2.75) is 65.3 Å². The maximum absolute atomic E-state index is 11.7. The van der Waals surface area contributed by atoms with Gasteiger partial charge in [0.15, 0.2) is 0 Å². The van der Waals surface area contributed by atoms with Crippen molar-refractivity contribution < 1.29 is 9.90 Å². The number of carboxylic acid groups (broad SMARTS) is 1. The fourth-order valence-electron chi connectivity index (χ4n) is 3.16. The first-order chi connectivity index (χ1) is 12.6. The smallest absolute Gasteiger partial charge is 0.306 e. The third kappa shape index (κ3) is 5.60. The van der Waals surface area contributed by atoms with Gasteiger partial charge in [-0.1, -0.05) is 62.9 Å². The van der Waals surface area contributed by atoms with Crippen molar-refractivity contribution in [1.29, 1.82) is 0 Å². The number of carboxylic acids is 1. The largest absolute Gasteiger partial charge is 0.481 e. The Morgan fingerprint density at radius 2 is 1.96 bits per heavy atom. The fraction of sp³-hybridized carbons (Fsp3) is 0.524. The maximum atomic E-state index is 11.7. The first-order valence-electron chi connectivity index (χ1n) is 9.56. The van der Waals surface area contributed by atoms with Gasteiger partial charge in [-0.2, -0.15) is 0 Å². The zero-order chi connectivity index (χ0) is 18.9. The quantitative estimate of drug-likeness (QED) is 0.574. The number of hydrogen-bond donors (Lipinski definition) is 1. The molecular formula is C21H29ClN2O2. The number of nitrogens with zero attached hydrogens (tertiary/aromatic N) is 2. The second-order valence-electron chi connectivity index (χ2n) is 6.83. The molecule has 0 saturated heterocycles. The Kier molecular flexibility index (Phi) is 8.17. The molecule has 0 amide bonds. The molecule has 1 aromatic carbocycles. The SMILES string of the molecule is CCCCc1ncc(CC(CCCC)C(=O)O)n1Cc1ccccc1Cl. The van der Waals surface area contributed by atoms with Crippen molar-refractivity contribution in [3.63, 3.8) is 0 Å². The van der Waals surface area contributed by atoms with Gasteiger partial charge in [0.1, 0.15) is 5.82 Å². The highest BCUT2D eigenvalue weighted by molar-refractivity contribution is 6.31. The summed E-state index contributed by atoms with van der Waals surface area (Å²) in [5.41, 5.74) is 2.02. The number of imidazole rings is 1. The highest BCUT2D eigenvalue weighted by Crippen LogP contribution is 2.22. The first-order valence-corrected chi connectivity index (χ1v) is 9.94. The van der Waals surface area contributed by atoms with Crippen molar-refractivity contribution in [1.82, 2.24) is 9.55 Å². The lowest BCUT2D eigenvalue weighted by molar-refractivity contribution is -0.142. The molecular weight excluding hydrogens is 348 g/mol. The summed E-state index contributed by atoms with van der Waals surface area (Å²) in [6.07, 6.45) is 8.06. The lowest BCUT2D eigenvalue weighted by Crippen LogP contribution is -2.19. The molecule has 1 atom stereocenters. The minimum absolute atomic E-state index is 0.365. The van der Waals surface area contributed by atoms with Crippen LogP contribution in [0.25, 0.3) is 0 Å². The predicted octanol–water partition coefficient (Wildman–Crippen LogP) is 5.36.